The molecule has 0 saturated carbocycles. The Bertz CT molecular complexity index is 2330. The molecule has 0 bridgehead atoms. The lowest BCUT2D eigenvalue weighted by Crippen LogP contribution is -2.59. The first kappa shape index (κ1) is 45.3. The van der Waals surface area contributed by atoms with Gasteiger partial charge in [0.1, 0.15) is 29.9 Å². The lowest BCUT2D eigenvalue weighted by atomic mass is 10.0. The van der Waals surface area contributed by atoms with E-state index in [0.29, 0.717) is 30.5 Å². The number of carbonyl (C=O) groups excluding carboxylic acids is 3. The molecule has 4 atom stereocenters. The molecule has 0 radical (unpaired) electrons. The molecule has 0 aliphatic rings. The van der Waals surface area contributed by atoms with E-state index in [1.807, 2.05) is 0 Å². The summed E-state index contributed by atoms with van der Waals surface area (Å²) in [6.45, 7) is 0.313. The first-order chi connectivity index (χ1) is 29.2. The maximum Gasteiger partial charge on any atom is 0.524 e. The average Bonchev–Trinajstić information content (AvgIpc) is 3.72. The number of phosphoric ester groups is 1. The zero-order chi connectivity index (χ0) is 43.9. The molecular formula is C39H44N9O12P. The number of nitro benzene ring substituents is 1. The van der Waals surface area contributed by atoms with Crippen molar-refractivity contribution in [1.82, 2.24) is 31.7 Å². The van der Waals surface area contributed by atoms with Gasteiger partial charge >= 0.3 is 19.5 Å². The normalized spacial score (nSPS) is 13.3. The highest BCUT2D eigenvalue weighted by molar-refractivity contribution is 7.46. The van der Waals surface area contributed by atoms with Crippen LogP contribution in [-0.4, -0.2) is 84.5 Å². The van der Waals surface area contributed by atoms with Gasteiger partial charge in [0.25, 0.3) is 0 Å². The molecule has 21 nitrogen and oxygen atoms in total. The second kappa shape index (κ2) is 21.5. The number of aliphatic carboxylic acids is 1. The van der Waals surface area contributed by atoms with E-state index in [1.54, 1.807) is 60.7 Å². The molecule has 0 aliphatic heterocycles. The number of phosphoric acid groups is 1. The topological polar surface area (TPSA) is 323 Å². The van der Waals surface area contributed by atoms with Crippen molar-refractivity contribution in [2.24, 2.45) is 5.73 Å². The van der Waals surface area contributed by atoms with Gasteiger partial charge in [-0.2, -0.15) is 0 Å². The number of hydrogen-bond donors (Lipinski definition) is 9. The molecule has 1 heterocycles. The second-order valence-corrected chi connectivity index (χ2v) is 15.0. The Morgan fingerprint density at radius 2 is 1.23 bits per heavy atom. The monoisotopic (exact) mass is 861 g/mol. The van der Waals surface area contributed by atoms with Crippen molar-refractivity contribution in [2.75, 3.05) is 12.0 Å². The molecule has 0 saturated heterocycles. The van der Waals surface area contributed by atoms with Crippen LogP contribution in [0.3, 0.4) is 0 Å². The van der Waals surface area contributed by atoms with E-state index in [-0.39, 0.29) is 53.8 Å². The number of nitrogens with zero attached hydrogens (tertiary/aromatic N) is 3. The van der Waals surface area contributed by atoms with Crippen molar-refractivity contribution >= 4 is 53.9 Å². The number of non-ortho nitro benzene ring substituents is 1. The fourth-order valence-corrected chi connectivity index (χ4v) is 6.62. The summed E-state index contributed by atoms with van der Waals surface area (Å²) in [5.41, 5.74) is 12.9. The van der Waals surface area contributed by atoms with Crippen LogP contribution in [0.4, 0.5) is 11.4 Å². The minimum Gasteiger partial charge on any atom is -0.480 e. The third kappa shape index (κ3) is 13.6. The highest BCUT2D eigenvalue weighted by atomic mass is 31.2. The summed E-state index contributed by atoms with van der Waals surface area (Å²) in [4.78, 5) is 83.9. The van der Waals surface area contributed by atoms with Gasteiger partial charge in [0.15, 0.2) is 5.52 Å². The minimum absolute atomic E-state index is 0.0136. The van der Waals surface area contributed by atoms with Crippen LogP contribution in [-0.2, 0) is 43.0 Å². The van der Waals surface area contributed by atoms with Crippen molar-refractivity contribution in [2.45, 2.75) is 62.7 Å². The number of unbranched alkanes of at least 4 members (excludes halogenated alkanes) is 1. The lowest BCUT2D eigenvalue weighted by Gasteiger charge is -2.27. The molecule has 10 N–H and O–H groups in total. The van der Waals surface area contributed by atoms with E-state index < -0.39 is 60.6 Å². The van der Waals surface area contributed by atoms with E-state index in [1.165, 1.54) is 36.4 Å². The van der Waals surface area contributed by atoms with Gasteiger partial charge in [-0.25, -0.2) is 19.4 Å². The fraction of sp³-hybridized carbons (Fsp3) is 0.282. The summed E-state index contributed by atoms with van der Waals surface area (Å²) < 4.78 is 20.7. The lowest BCUT2D eigenvalue weighted by molar-refractivity contribution is -0.383. The first-order valence-electron chi connectivity index (χ1n) is 18.9. The Labute approximate surface area is 347 Å². The molecule has 22 heteroatoms. The predicted octanol–water partition coefficient (Wildman–Crippen LogP) is 2.28. The van der Waals surface area contributed by atoms with Gasteiger partial charge in [0.2, 0.25) is 23.2 Å². The Balaban J connectivity index is 1.42. The van der Waals surface area contributed by atoms with Gasteiger partial charge in [-0.15, -0.1) is 0 Å². The van der Waals surface area contributed by atoms with E-state index in [2.05, 4.69) is 41.6 Å². The smallest absolute Gasteiger partial charge is 0.480 e. The minimum atomic E-state index is -4.87. The van der Waals surface area contributed by atoms with Crippen LogP contribution in [0, 0.1) is 10.1 Å². The van der Waals surface area contributed by atoms with Crippen molar-refractivity contribution in [3.8, 4) is 5.75 Å². The van der Waals surface area contributed by atoms with Crippen molar-refractivity contribution < 1.29 is 52.7 Å². The number of benzene rings is 4. The number of carbonyl (C=O) groups is 4. The molecule has 4 aromatic carbocycles. The van der Waals surface area contributed by atoms with Gasteiger partial charge < -0.3 is 36.7 Å². The third-order valence-electron chi connectivity index (χ3n) is 9.27. The largest absolute Gasteiger partial charge is 0.524 e. The van der Waals surface area contributed by atoms with Gasteiger partial charge in [0.05, 0.1) is 10.6 Å². The maximum absolute atomic E-state index is 14.3. The zero-order valence-corrected chi connectivity index (χ0v) is 33.3. The Kier molecular flexibility index (Phi) is 16.0. The maximum atomic E-state index is 14.3. The summed E-state index contributed by atoms with van der Waals surface area (Å²) in [6.07, 6.45) is 0.792. The van der Waals surface area contributed by atoms with E-state index in [0.717, 1.165) is 5.56 Å². The van der Waals surface area contributed by atoms with E-state index in [4.69, 9.17) is 10.4 Å². The molecule has 0 aliphatic carbocycles. The van der Waals surface area contributed by atoms with Crippen molar-refractivity contribution in [1.29, 1.82) is 0 Å². The molecule has 0 unspecified atom stereocenters. The number of carboxylic acid groups (broad SMARTS) is 1. The predicted molar refractivity (Wildman–Crippen MR) is 218 cm³/mol. The molecule has 3 amide bonds. The highest BCUT2D eigenvalue weighted by Crippen LogP contribution is 2.37. The zero-order valence-electron chi connectivity index (χ0n) is 32.4. The third-order valence-corrected chi connectivity index (χ3v) is 9.72. The second-order valence-electron chi connectivity index (χ2n) is 13.8. The van der Waals surface area contributed by atoms with Gasteiger partial charge in [-0.1, -0.05) is 72.8 Å². The first-order valence-corrected chi connectivity index (χ1v) is 20.4. The number of rotatable bonds is 23. The van der Waals surface area contributed by atoms with Crippen LogP contribution in [0.25, 0.3) is 11.0 Å². The summed E-state index contributed by atoms with van der Waals surface area (Å²) >= 11 is 0. The van der Waals surface area contributed by atoms with Crippen LogP contribution in [0.15, 0.2) is 102 Å². The quantitative estimate of drug-likeness (QED) is 0.0197. The van der Waals surface area contributed by atoms with Crippen LogP contribution in [0.5, 0.6) is 5.75 Å². The Morgan fingerprint density at radius 1 is 0.721 bits per heavy atom. The Hall–Kier alpha value is -6.77. The molecule has 5 aromatic rings. The van der Waals surface area contributed by atoms with Crippen molar-refractivity contribution in [3.05, 3.63) is 124 Å². The Morgan fingerprint density at radius 3 is 1.75 bits per heavy atom. The number of hydrazine groups is 1. The number of aromatic nitrogens is 2. The fourth-order valence-electron chi connectivity index (χ4n) is 6.22. The highest BCUT2D eigenvalue weighted by Gasteiger charge is 2.32. The van der Waals surface area contributed by atoms with Gasteiger partial charge in [-0.05, 0) is 77.4 Å². The van der Waals surface area contributed by atoms with Crippen LogP contribution < -0.4 is 37.1 Å². The van der Waals surface area contributed by atoms with Crippen LogP contribution >= 0.6 is 7.82 Å². The van der Waals surface area contributed by atoms with Crippen molar-refractivity contribution in [3.63, 3.8) is 0 Å². The molecular weight excluding hydrogens is 817 g/mol. The SMILES string of the molecule is NCCCC[C@H](NC(=O)[C@H](Cc1ccc(OP(=O)(O)O)cc1)NC(=O)[C@H](Cc1ccccc1)NC(=O)[C@H](Cc1ccccc1)NNc1ccc([N+](=O)[O-])c2nonc12)C(=O)O. The van der Waals surface area contributed by atoms with Crippen LogP contribution in [0.2, 0.25) is 0 Å². The number of hydrogen-bond acceptors (Lipinski definition) is 14. The number of amides is 3. The van der Waals surface area contributed by atoms with Gasteiger partial charge in [-0.3, -0.25) is 34.3 Å². The molecule has 1 aromatic heterocycles. The molecule has 0 fully saturated rings. The van der Waals surface area contributed by atoms with Gasteiger partial charge in [0, 0.05) is 18.9 Å². The number of nitrogens with two attached hydrogens (primary N) is 1. The number of fused-ring (bicyclic) bond motifs is 1. The number of anilines is 1. The molecule has 322 valence electrons. The average molecular weight is 862 g/mol. The summed E-state index contributed by atoms with van der Waals surface area (Å²) in [7, 11) is -4.87. The van der Waals surface area contributed by atoms with E-state index in [9.17, 15) is 48.8 Å². The number of carboxylic acids is 1. The summed E-state index contributed by atoms with van der Waals surface area (Å²) in [6, 6.07) is 20.4. The summed E-state index contributed by atoms with van der Waals surface area (Å²) in [5.74, 6) is -3.79. The standard InChI is InChI=1S/C39H44N9O12P/c40-20-8-7-13-29(39(52)53)41-36(49)31(22-26-14-16-27(17-15-26)59-61(56,57)58)42-37(50)30(21-24-9-3-1-4-10-24)43-38(51)32(23-25-11-5-2-6-12-25)45-44-28-18-19-33(48(54)55)35-34(28)46-60-47-35/h1-6,9-12,14-19,29-32,44-45H,7-8,13,20-23,40H2,(H,41,49)(H,42,50)(H,43,51)(H,52,53)(H2,56,57,58)/t29-,30-,31-,32-/m0/s1. The number of nitro groups is 1. The van der Waals surface area contributed by atoms with Crippen LogP contribution in [0.1, 0.15) is 36.0 Å². The molecule has 5 rings (SSSR count). The summed E-state index contributed by atoms with van der Waals surface area (Å²) in [5, 5.41) is 36.8. The van der Waals surface area contributed by atoms with E-state index >= 15 is 0 Å². The molecule has 0 spiro atoms. The molecule has 61 heavy (non-hydrogen) atoms. The number of nitrogens with one attached hydrogen (secondary N) is 5.